The first-order valence-electron chi connectivity index (χ1n) is 6.42. The van der Waals surface area contributed by atoms with E-state index < -0.39 is 15.6 Å². The van der Waals surface area contributed by atoms with Gasteiger partial charge >= 0.3 is 15.6 Å². The number of likely N-dealkylation sites (N-methyl/N-ethyl adjacent to an activating group) is 2. The molecule has 0 spiro atoms. The van der Waals surface area contributed by atoms with E-state index in [2.05, 4.69) is 9.05 Å². The van der Waals surface area contributed by atoms with Gasteiger partial charge in [0.05, 0.1) is 42.3 Å². The molecule has 0 aliphatic carbocycles. The predicted molar refractivity (Wildman–Crippen MR) is 82.5 cm³/mol. The molecule has 0 aromatic carbocycles. The van der Waals surface area contributed by atoms with Crippen molar-refractivity contribution in [2.75, 3.05) is 68.6 Å². The van der Waals surface area contributed by atoms with Gasteiger partial charge in [-0.15, -0.1) is 0 Å². The summed E-state index contributed by atoms with van der Waals surface area (Å²) in [5.41, 5.74) is 0. The molecule has 0 atom stereocenters. The Balaban J connectivity index is -0.000000333. The molecule has 0 unspecified atom stereocenters. The fraction of sp³-hybridized carbons (Fsp3) is 1.00. The Morgan fingerprint density at radius 3 is 1.04 bits per heavy atom. The van der Waals surface area contributed by atoms with Crippen LogP contribution < -0.4 is 0 Å². The van der Waals surface area contributed by atoms with Crippen LogP contribution >= 0.6 is 15.6 Å². The largest absolute Gasteiger partial charge is 2.00 e. The highest BCUT2D eigenvalue weighted by Gasteiger charge is 2.16. The van der Waals surface area contributed by atoms with Crippen LogP contribution in [0.3, 0.4) is 0 Å². The number of hydrogen-bond donors (Lipinski definition) is 4. The smallest absolute Gasteiger partial charge is 0.469 e. The van der Waals surface area contributed by atoms with Gasteiger partial charge in [-0.05, 0) is 0 Å². The number of hydrogen-bond acceptors (Lipinski definition) is 4. The van der Waals surface area contributed by atoms with Crippen LogP contribution in [0.15, 0.2) is 0 Å². The Morgan fingerprint density at radius 1 is 0.696 bits per heavy atom. The van der Waals surface area contributed by atoms with E-state index in [0.29, 0.717) is 22.1 Å². The number of phosphoric ester groups is 2. The topological polar surface area (TPSA) is 162 Å². The molecule has 0 amide bonds. The molecule has 11 nitrogen and oxygen atoms in total. The Kier molecular flexibility index (Phi) is 13.2. The van der Waals surface area contributed by atoms with E-state index in [0.717, 1.165) is 0 Å². The minimum atomic E-state index is -4.26. The molecule has 0 aromatic rings. The van der Waals surface area contributed by atoms with E-state index in [9.17, 15) is 9.13 Å². The summed E-state index contributed by atoms with van der Waals surface area (Å²) in [6, 6.07) is 0. The lowest BCUT2D eigenvalue weighted by Gasteiger charge is -2.23. The monoisotopic (exact) mass is 384 g/mol. The molecule has 13 heteroatoms. The van der Waals surface area contributed by atoms with Gasteiger partial charge in [0, 0.05) is 0 Å². The fourth-order valence-electron chi connectivity index (χ4n) is 0.867. The van der Waals surface area contributed by atoms with Crippen molar-refractivity contribution in [1.29, 1.82) is 0 Å². The van der Waals surface area contributed by atoms with Crippen molar-refractivity contribution in [2.24, 2.45) is 0 Å². The molecular formula is C10H30N2O9P2. The maximum Gasteiger partial charge on any atom is 0.469 e. The summed E-state index contributed by atoms with van der Waals surface area (Å²) in [5, 5.41) is 0. The second-order valence-corrected chi connectivity index (χ2v) is 9.15. The van der Waals surface area contributed by atoms with Crippen LogP contribution in [0.4, 0.5) is 0 Å². The summed E-state index contributed by atoms with van der Waals surface area (Å²) in [5.74, 6) is 0. The third kappa shape index (κ3) is 34.4. The summed E-state index contributed by atoms with van der Waals surface area (Å²) in [6.07, 6.45) is 0. The number of nitrogens with zero attached hydrogens (tertiary/aromatic N) is 2. The maximum absolute atomic E-state index is 10.2. The van der Waals surface area contributed by atoms with Crippen molar-refractivity contribution in [3.05, 3.63) is 0 Å². The molecule has 0 saturated carbocycles. The van der Waals surface area contributed by atoms with E-state index in [-0.39, 0.29) is 18.7 Å². The van der Waals surface area contributed by atoms with E-state index in [1.165, 1.54) is 0 Å². The van der Waals surface area contributed by atoms with Crippen molar-refractivity contribution in [2.45, 2.75) is 0 Å². The number of rotatable bonds is 8. The Labute approximate surface area is 137 Å². The minimum Gasteiger partial charge on any atom is -2.00 e. The molecule has 0 radical (unpaired) electrons. The molecule has 4 N–H and O–H groups in total. The molecule has 144 valence electrons. The summed E-state index contributed by atoms with van der Waals surface area (Å²) in [7, 11) is 2.99. The SMILES string of the molecule is C[N+](C)(C)CCOP(=O)(O)O.C[N+](C)(C)CCOP(=O)(O)O.[O-2]. The Hall–Kier alpha value is 0.1000. The molecule has 23 heavy (non-hydrogen) atoms. The van der Waals surface area contributed by atoms with Crippen molar-refractivity contribution in [1.82, 2.24) is 0 Å². The van der Waals surface area contributed by atoms with Crippen molar-refractivity contribution < 1.29 is 52.2 Å². The number of phosphoric acid groups is 2. The zero-order chi connectivity index (χ0) is 18.2. The van der Waals surface area contributed by atoms with Crippen LogP contribution in [0, 0.1) is 0 Å². The lowest BCUT2D eigenvalue weighted by Crippen LogP contribution is -2.37. The van der Waals surface area contributed by atoms with Crippen LogP contribution in [-0.2, 0) is 23.7 Å². The highest BCUT2D eigenvalue weighted by atomic mass is 31.2. The summed E-state index contributed by atoms with van der Waals surface area (Å²) < 4.78 is 30.1. The molecule has 0 rings (SSSR count). The number of quaternary nitrogens is 2. The summed E-state index contributed by atoms with van der Waals surface area (Å²) >= 11 is 0. The van der Waals surface area contributed by atoms with Gasteiger partial charge in [0.2, 0.25) is 0 Å². The average Bonchev–Trinajstić information content (AvgIpc) is 2.08. The first-order chi connectivity index (χ1) is 9.41. The van der Waals surface area contributed by atoms with Gasteiger partial charge in [0.1, 0.15) is 26.3 Å². The van der Waals surface area contributed by atoms with Crippen molar-refractivity contribution >= 4 is 15.6 Å². The standard InChI is InChI=1S/2C5H14NO4P.O/c2*1-6(2,3)4-5-10-11(7,8)9;/h2*4-5H2,1-3H3,(H-,7,8,9);/q;;-2/p+2. The van der Waals surface area contributed by atoms with Gasteiger partial charge in [0.25, 0.3) is 0 Å². The lowest BCUT2D eigenvalue weighted by atomic mass is 10.5. The Morgan fingerprint density at radius 2 is 0.913 bits per heavy atom. The van der Waals surface area contributed by atoms with Crippen LogP contribution in [-0.4, -0.2) is 97.1 Å². The normalized spacial score (nSPS) is 13.0. The van der Waals surface area contributed by atoms with Crippen LogP contribution in [0.2, 0.25) is 0 Å². The van der Waals surface area contributed by atoms with Crippen LogP contribution in [0.5, 0.6) is 0 Å². The second-order valence-electron chi connectivity index (χ2n) is 6.68. The van der Waals surface area contributed by atoms with Gasteiger partial charge in [-0.1, -0.05) is 0 Å². The lowest BCUT2D eigenvalue weighted by molar-refractivity contribution is -0.870. The molecule has 0 heterocycles. The van der Waals surface area contributed by atoms with Gasteiger partial charge < -0.3 is 34.0 Å². The molecule has 0 aromatic heterocycles. The average molecular weight is 384 g/mol. The first kappa shape index (κ1) is 27.9. The quantitative estimate of drug-likeness (QED) is 0.321. The van der Waals surface area contributed by atoms with Crippen LogP contribution in [0.25, 0.3) is 0 Å². The van der Waals surface area contributed by atoms with E-state index in [1.54, 1.807) is 0 Å². The minimum absolute atomic E-state index is 0. The third-order valence-electron chi connectivity index (χ3n) is 2.04. The first-order valence-corrected chi connectivity index (χ1v) is 9.48. The third-order valence-corrected chi connectivity index (χ3v) is 3.08. The molecule has 0 aliphatic rings. The fourth-order valence-corrected chi connectivity index (χ4v) is 1.51. The highest BCUT2D eigenvalue weighted by Crippen LogP contribution is 2.35. The van der Waals surface area contributed by atoms with Gasteiger partial charge in [0.15, 0.2) is 0 Å². The van der Waals surface area contributed by atoms with Crippen molar-refractivity contribution in [3.63, 3.8) is 0 Å². The molecular weight excluding hydrogens is 354 g/mol. The zero-order valence-corrected chi connectivity index (χ0v) is 16.2. The van der Waals surface area contributed by atoms with Gasteiger partial charge in [-0.25, -0.2) is 9.13 Å². The maximum atomic E-state index is 10.2. The van der Waals surface area contributed by atoms with Crippen LogP contribution in [0.1, 0.15) is 0 Å². The predicted octanol–water partition coefficient (Wildman–Crippen LogP) is -0.515. The summed E-state index contributed by atoms with van der Waals surface area (Å²) in [4.78, 5) is 33.2. The second kappa shape index (κ2) is 10.9. The van der Waals surface area contributed by atoms with E-state index in [1.807, 2.05) is 42.3 Å². The molecule has 0 aliphatic heterocycles. The highest BCUT2D eigenvalue weighted by molar-refractivity contribution is 7.46. The van der Waals surface area contributed by atoms with Gasteiger partial charge in [-0.2, -0.15) is 0 Å². The molecule has 0 saturated heterocycles. The van der Waals surface area contributed by atoms with Gasteiger partial charge in [-0.3, -0.25) is 9.05 Å². The molecule has 0 bridgehead atoms. The van der Waals surface area contributed by atoms with E-state index >= 15 is 0 Å². The van der Waals surface area contributed by atoms with E-state index in [4.69, 9.17) is 19.6 Å². The summed E-state index contributed by atoms with van der Waals surface area (Å²) in [6.45, 7) is 1.30. The zero-order valence-electron chi connectivity index (χ0n) is 14.4. The van der Waals surface area contributed by atoms with Crippen molar-refractivity contribution in [3.8, 4) is 0 Å². The Bertz CT molecular complexity index is 356. The molecule has 0 fully saturated rings.